The summed E-state index contributed by atoms with van der Waals surface area (Å²) < 4.78 is 50.4. The number of ketones is 1. The number of alkyl halides is 3. The lowest BCUT2D eigenvalue weighted by molar-refractivity contribution is -0.143. The molecular weight excluding hydrogens is 514 g/mol. The van der Waals surface area contributed by atoms with Crippen LogP contribution in [0.5, 0.6) is 0 Å². The van der Waals surface area contributed by atoms with Crippen LogP contribution in [0.25, 0.3) is 22.4 Å². The summed E-state index contributed by atoms with van der Waals surface area (Å²) in [4.78, 5) is 21.6. The summed E-state index contributed by atoms with van der Waals surface area (Å²) in [5, 5.41) is 0.730. The van der Waals surface area contributed by atoms with Crippen molar-refractivity contribution in [2.45, 2.75) is 19.6 Å². The van der Waals surface area contributed by atoms with Crippen LogP contribution in [0, 0.1) is 6.92 Å². The number of rotatable bonds is 5. The first-order valence-corrected chi connectivity index (χ1v) is 11.4. The molecule has 0 saturated heterocycles. The Hall–Kier alpha value is -3.62. The molecular formula is C26H16Cl2F3N3O2. The van der Waals surface area contributed by atoms with Crippen LogP contribution in [0.2, 0.25) is 10.0 Å². The number of halogens is 5. The fraction of sp³-hybridized carbons (Fsp3) is 0.115. The third kappa shape index (κ3) is 4.38. The Morgan fingerprint density at radius 1 is 1.06 bits per heavy atom. The first-order chi connectivity index (χ1) is 17.1. The molecule has 0 N–H and O–H groups in total. The Balaban J connectivity index is 1.71. The molecule has 5 rings (SSSR count). The van der Waals surface area contributed by atoms with Gasteiger partial charge in [-0.3, -0.25) is 9.78 Å². The molecule has 0 aliphatic carbocycles. The number of nitrogens with zero attached hydrogens (tertiary/aromatic N) is 3. The second-order valence-corrected chi connectivity index (χ2v) is 9.00. The van der Waals surface area contributed by atoms with Gasteiger partial charge in [0.15, 0.2) is 5.76 Å². The number of aryl methyl sites for hydroxylation is 1. The molecule has 5 aromatic rings. The van der Waals surface area contributed by atoms with Crippen molar-refractivity contribution in [2.75, 3.05) is 0 Å². The number of oxazole rings is 1. The molecule has 0 fully saturated rings. The number of carbonyl (C=O) groups is 1. The maximum absolute atomic E-state index is 14.6. The van der Waals surface area contributed by atoms with Crippen molar-refractivity contribution in [3.8, 4) is 11.5 Å². The van der Waals surface area contributed by atoms with E-state index >= 15 is 0 Å². The van der Waals surface area contributed by atoms with Gasteiger partial charge in [0.1, 0.15) is 5.69 Å². The van der Waals surface area contributed by atoms with Crippen LogP contribution < -0.4 is 0 Å². The summed E-state index contributed by atoms with van der Waals surface area (Å²) >= 11 is 12.2. The van der Waals surface area contributed by atoms with Gasteiger partial charge in [0.05, 0.1) is 11.8 Å². The van der Waals surface area contributed by atoms with Crippen LogP contribution in [0.1, 0.15) is 32.9 Å². The van der Waals surface area contributed by atoms with E-state index in [1.54, 1.807) is 49.4 Å². The topological polar surface area (TPSA) is 60.9 Å². The van der Waals surface area contributed by atoms with Crippen molar-refractivity contribution in [3.63, 3.8) is 0 Å². The molecule has 0 aliphatic rings. The first kappa shape index (κ1) is 24.1. The Labute approximate surface area is 213 Å². The second-order valence-electron chi connectivity index (χ2n) is 8.16. The monoisotopic (exact) mass is 529 g/mol. The van der Waals surface area contributed by atoms with Gasteiger partial charge in [-0.1, -0.05) is 40.9 Å². The van der Waals surface area contributed by atoms with E-state index in [1.165, 1.54) is 18.5 Å². The van der Waals surface area contributed by atoms with Crippen molar-refractivity contribution in [1.29, 1.82) is 0 Å². The van der Waals surface area contributed by atoms with Crippen LogP contribution >= 0.6 is 23.2 Å². The molecule has 0 aliphatic heterocycles. The van der Waals surface area contributed by atoms with E-state index < -0.39 is 23.2 Å². The molecule has 0 spiro atoms. The summed E-state index contributed by atoms with van der Waals surface area (Å²) in [6, 6.07) is 12.6. The van der Waals surface area contributed by atoms with Gasteiger partial charge in [-0.05, 0) is 48.9 Å². The lowest BCUT2D eigenvalue weighted by atomic mass is 10.0. The molecule has 182 valence electrons. The highest BCUT2D eigenvalue weighted by Crippen LogP contribution is 2.41. The van der Waals surface area contributed by atoms with Gasteiger partial charge in [-0.25, -0.2) is 4.98 Å². The highest BCUT2D eigenvalue weighted by Gasteiger charge is 2.42. The summed E-state index contributed by atoms with van der Waals surface area (Å²) in [5.74, 6) is -1.13. The average Bonchev–Trinajstić information content (AvgIpc) is 3.44. The first-order valence-electron chi connectivity index (χ1n) is 10.7. The molecule has 5 nitrogen and oxygen atoms in total. The number of aromatic nitrogens is 3. The lowest BCUT2D eigenvalue weighted by Crippen LogP contribution is -2.18. The summed E-state index contributed by atoms with van der Waals surface area (Å²) in [6.45, 7) is 1.51. The minimum absolute atomic E-state index is 0.0992. The largest absolute Gasteiger partial charge is 0.433 e. The zero-order chi connectivity index (χ0) is 25.6. The molecule has 0 radical (unpaired) electrons. The maximum Gasteiger partial charge on any atom is 0.432 e. The standard InChI is InChI=1S/C26H16Cl2F3N3O2/c1-14-2-5-20-18(10-14)22(23(35)21-12-33-25(36-21)15-6-8-32-9-7-15)24(26(29,30)31)34(20)13-16-3-4-17(27)11-19(16)28/h2-12H,13H2,1H3. The molecule has 3 aromatic heterocycles. The average molecular weight is 530 g/mol. The molecule has 3 heterocycles. The van der Waals surface area contributed by atoms with E-state index in [-0.39, 0.29) is 34.1 Å². The highest BCUT2D eigenvalue weighted by atomic mass is 35.5. The van der Waals surface area contributed by atoms with Gasteiger partial charge < -0.3 is 8.98 Å². The molecule has 0 bridgehead atoms. The molecule has 36 heavy (non-hydrogen) atoms. The molecule has 0 atom stereocenters. The lowest BCUT2D eigenvalue weighted by Gasteiger charge is -2.15. The molecule has 0 amide bonds. The van der Waals surface area contributed by atoms with Gasteiger partial charge in [-0.15, -0.1) is 0 Å². The Morgan fingerprint density at radius 2 is 1.81 bits per heavy atom. The number of hydrogen-bond donors (Lipinski definition) is 0. The maximum atomic E-state index is 14.6. The molecule has 10 heteroatoms. The Bertz CT molecular complexity index is 1610. The number of hydrogen-bond acceptors (Lipinski definition) is 4. The normalized spacial score (nSPS) is 11.8. The minimum Gasteiger partial charge on any atom is -0.433 e. The van der Waals surface area contributed by atoms with Gasteiger partial charge >= 0.3 is 6.18 Å². The fourth-order valence-corrected chi connectivity index (χ4v) is 4.58. The van der Waals surface area contributed by atoms with Gasteiger partial charge in [0, 0.05) is 45.5 Å². The zero-order valence-corrected chi connectivity index (χ0v) is 20.1. The summed E-state index contributed by atoms with van der Waals surface area (Å²) in [6.07, 6.45) is -0.694. The molecule has 0 unspecified atom stereocenters. The Morgan fingerprint density at radius 3 is 2.50 bits per heavy atom. The smallest absolute Gasteiger partial charge is 0.432 e. The summed E-state index contributed by atoms with van der Waals surface area (Å²) in [5.41, 5.74) is 0.279. The number of carbonyl (C=O) groups excluding carboxylic acids is 1. The van der Waals surface area contributed by atoms with Crippen molar-refractivity contribution in [2.24, 2.45) is 0 Å². The Kier molecular flexibility index (Phi) is 6.10. The van der Waals surface area contributed by atoms with E-state index in [4.69, 9.17) is 27.6 Å². The predicted molar refractivity (Wildman–Crippen MR) is 130 cm³/mol. The van der Waals surface area contributed by atoms with Gasteiger partial charge in [-0.2, -0.15) is 13.2 Å². The van der Waals surface area contributed by atoms with E-state index in [0.29, 0.717) is 21.7 Å². The van der Waals surface area contributed by atoms with Gasteiger partial charge in [0.2, 0.25) is 11.7 Å². The zero-order valence-electron chi connectivity index (χ0n) is 18.6. The predicted octanol–water partition coefficient (Wildman–Crippen LogP) is 7.60. The van der Waals surface area contributed by atoms with E-state index in [0.717, 1.165) is 10.8 Å². The summed E-state index contributed by atoms with van der Waals surface area (Å²) in [7, 11) is 0. The molecule has 2 aromatic carbocycles. The van der Waals surface area contributed by atoms with Crippen LogP contribution in [0.3, 0.4) is 0 Å². The number of benzene rings is 2. The highest BCUT2D eigenvalue weighted by molar-refractivity contribution is 6.35. The number of fused-ring (bicyclic) bond motifs is 1. The SMILES string of the molecule is Cc1ccc2c(c1)c(C(=O)c1cnc(-c3ccncc3)o1)c(C(F)(F)F)n2Cc1ccc(Cl)cc1Cl. The van der Waals surface area contributed by atoms with E-state index in [1.807, 2.05) is 0 Å². The van der Waals surface area contributed by atoms with E-state index in [9.17, 15) is 18.0 Å². The van der Waals surface area contributed by atoms with Crippen molar-refractivity contribution < 1.29 is 22.4 Å². The van der Waals surface area contributed by atoms with Crippen molar-refractivity contribution >= 4 is 39.9 Å². The molecule has 0 saturated carbocycles. The number of pyridine rings is 1. The van der Waals surface area contributed by atoms with Crippen molar-refractivity contribution in [3.05, 3.63) is 105 Å². The van der Waals surface area contributed by atoms with Gasteiger partial charge in [0.25, 0.3) is 0 Å². The fourth-order valence-electron chi connectivity index (χ4n) is 4.11. The van der Waals surface area contributed by atoms with Crippen LogP contribution in [-0.4, -0.2) is 20.3 Å². The minimum atomic E-state index is -4.86. The van der Waals surface area contributed by atoms with Crippen LogP contribution in [0.4, 0.5) is 13.2 Å². The van der Waals surface area contributed by atoms with Crippen LogP contribution in [0.15, 0.2) is 71.5 Å². The van der Waals surface area contributed by atoms with Crippen molar-refractivity contribution in [1.82, 2.24) is 14.5 Å². The third-order valence-electron chi connectivity index (χ3n) is 5.71. The van der Waals surface area contributed by atoms with Crippen LogP contribution in [-0.2, 0) is 12.7 Å². The van der Waals surface area contributed by atoms with E-state index in [2.05, 4.69) is 9.97 Å². The third-order valence-corrected chi connectivity index (χ3v) is 6.30. The second kappa shape index (κ2) is 9.11. The quantitative estimate of drug-likeness (QED) is 0.220.